The van der Waals surface area contributed by atoms with E-state index in [2.05, 4.69) is 46.7 Å². The zero-order valence-corrected chi connectivity index (χ0v) is 10.6. The van der Waals surface area contributed by atoms with Gasteiger partial charge in [-0.25, -0.2) is 0 Å². The molecule has 3 nitrogen and oxygen atoms in total. The lowest BCUT2D eigenvalue weighted by Gasteiger charge is -2.01. The van der Waals surface area contributed by atoms with Crippen molar-refractivity contribution in [1.82, 2.24) is 10.3 Å². The first-order valence-electron chi connectivity index (χ1n) is 6.12. The van der Waals surface area contributed by atoms with Gasteiger partial charge in [0.2, 0.25) is 0 Å². The SMILES string of the molecule is COCCNCC=Cc1cccc2cccnc12. The fraction of sp³-hybridized carbons (Fsp3) is 0.267. The van der Waals surface area contributed by atoms with Crippen molar-refractivity contribution in [2.75, 3.05) is 26.8 Å². The second-order valence-electron chi connectivity index (χ2n) is 4.02. The molecule has 0 aliphatic carbocycles. The van der Waals surface area contributed by atoms with Crippen LogP contribution >= 0.6 is 0 Å². The molecular weight excluding hydrogens is 224 g/mol. The molecule has 0 unspecified atom stereocenters. The molecule has 0 fully saturated rings. The van der Waals surface area contributed by atoms with Gasteiger partial charge >= 0.3 is 0 Å². The molecular formula is C15H18N2O. The van der Waals surface area contributed by atoms with Crippen molar-refractivity contribution in [1.29, 1.82) is 0 Å². The monoisotopic (exact) mass is 242 g/mol. The van der Waals surface area contributed by atoms with Gasteiger partial charge in [0.25, 0.3) is 0 Å². The maximum absolute atomic E-state index is 4.97. The largest absolute Gasteiger partial charge is 0.383 e. The Kier molecular flexibility index (Phi) is 4.88. The maximum Gasteiger partial charge on any atom is 0.0774 e. The number of nitrogens with one attached hydrogen (secondary N) is 1. The zero-order valence-electron chi connectivity index (χ0n) is 10.6. The Bertz CT molecular complexity index is 517. The fourth-order valence-electron chi connectivity index (χ4n) is 1.81. The van der Waals surface area contributed by atoms with Crippen LogP contribution in [-0.4, -0.2) is 31.8 Å². The summed E-state index contributed by atoms with van der Waals surface area (Å²) < 4.78 is 4.97. The zero-order chi connectivity index (χ0) is 12.6. The first-order chi connectivity index (χ1) is 8.92. The first-order valence-corrected chi connectivity index (χ1v) is 6.12. The van der Waals surface area contributed by atoms with Crippen molar-refractivity contribution < 1.29 is 4.74 Å². The minimum atomic E-state index is 0.740. The molecule has 0 aliphatic rings. The highest BCUT2D eigenvalue weighted by molar-refractivity contribution is 5.86. The Morgan fingerprint density at radius 3 is 3.06 bits per heavy atom. The van der Waals surface area contributed by atoms with Gasteiger partial charge in [0, 0.05) is 37.3 Å². The Morgan fingerprint density at radius 1 is 1.28 bits per heavy atom. The standard InChI is InChI=1S/C15H18N2O/c1-18-12-11-16-9-3-7-13-5-2-6-14-8-4-10-17-15(13)14/h2-8,10,16H,9,11-12H2,1H3. The quantitative estimate of drug-likeness (QED) is 0.790. The van der Waals surface area contributed by atoms with Crippen LogP contribution in [0.1, 0.15) is 5.56 Å². The molecule has 1 N–H and O–H groups in total. The molecule has 2 aromatic rings. The minimum Gasteiger partial charge on any atom is -0.383 e. The molecule has 0 spiro atoms. The van der Waals surface area contributed by atoms with E-state index in [9.17, 15) is 0 Å². The van der Waals surface area contributed by atoms with Crippen LogP contribution in [0.4, 0.5) is 0 Å². The van der Waals surface area contributed by atoms with E-state index in [-0.39, 0.29) is 0 Å². The highest BCUT2D eigenvalue weighted by atomic mass is 16.5. The molecule has 1 heterocycles. The van der Waals surface area contributed by atoms with Gasteiger partial charge in [-0.3, -0.25) is 4.98 Å². The third-order valence-corrected chi connectivity index (χ3v) is 2.71. The number of hydrogen-bond acceptors (Lipinski definition) is 3. The normalized spacial score (nSPS) is 11.4. The molecule has 18 heavy (non-hydrogen) atoms. The van der Waals surface area contributed by atoms with E-state index in [0.29, 0.717) is 0 Å². The highest BCUT2D eigenvalue weighted by Crippen LogP contribution is 2.16. The lowest BCUT2D eigenvalue weighted by atomic mass is 10.1. The molecule has 0 bridgehead atoms. The van der Waals surface area contributed by atoms with Crippen molar-refractivity contribution in [2.45, 2.75) is 0 Å². The van der Waals surface area contributed by atoms with Crippen molar-refractivity contribution >= 4 is 17.0 Å². The first kappa shape index (κ1) is 12.7. The van der Waals surface area contributed by atoms with Crippen LogP contribution in [0.25, 0.3) is 17.0 Å². The molecule has 0 aliphatic heterocycles. The van der Waals surface area contributed by atoms with Gasteiger partial charge in [0.05, 0.1) is 12.1 Å². The Balaban J connectivity index is 2.01. The van der Waals surface area contributed by atoms with Crippen molar-refractivity contribution in [3.05, 3.63) is 48.2 Å². The third kappa shape index (κ3) is 3.39. The van der Waals surface area contributed by atoms with Crippen LogP contribution in [0.2, 0.25) is 0 Å². The van der Waals surface area contributed by atoms with Crippen molar-refractivity contribution in [2.24, 2.45) is 0 Å². The van der Waals surface area contributed by atoms with Crippen LogP contribution < -0.4 is 5.32 Å². The number of hydrogen-bond donors (Lipinski definition) is 1. The summed E-state index contributed by atoms with van der Waals surface area (Å²) in [5, 5.41) is 4.45. The van der Waals surface area contributed by atoms with Gasteiger partial charge in [0.15, 0.2) is 0 Å². The van der Waals surface area contributed by atoms with Gasteiger partial charge < -0.3 is 10.1 Å². The lowest BCUT2D eigenvalue weighted by molar-refractivity contribution is 0.200. The molecule has 0 saturated carbocycles. The topological polar surface area (TPSA) is 34.1 Å². The van der Waals surface area contributed by atoms with E-state index in [4.69, 9.17) is 4.74 Å². The van der Waals surface area contributed by atoms with Crippen LogP contribution in [0.15, 0.2) is 42.6 Å². The number of aromatic nitrogens is 1. The fourth-order valence-corrected chi connectivity index (χ4v) is 1.81. The molecule has 0 atom stereocenters. The average molecular weight is 242 g/mol. The molecule has 0 saturated heterocycles. The number of fused-ring (bicyclic) bond motifs is 1. The van der Waals surface area contributed by atoms with Crippen molar-refractivity contribution in [3.8, 4) is 0 Å². The van der Waals surface area contributed by atoms with E-state index in [0.717, 1.165) is 30.8 Å². The summed E-state index contributed by atoms with van der Waals surface area (Å²) in [6.45, 7) is 2.45. The predicted octanol–water partition coefficient (Wildman–Crippen LogP) is 2.48. The number of ether oxygens (including phenoxy) is 1. The molecule has 1 aromatic carbocycles. The number of nitrogens with zero attached hydrogens (tertiary/aromatic N) is 1. The number of para-hydroxylation sites is 1. The molecule has 2 rings (SSSR count). The highest BCUT2D eigenvalue weighted by Gasteiger charge is 1.97. The second kappa shape index (κ2) is 6.89. The van der Waals surface area contributed by atoms with Gasteiger partial charge in [-0.05, 0) is 6.07 Å². The third-order valence-electron chi connectivity index (χ3n) is 2.71. The molecule has 3 heteroatoms. The Hall–Kier alpha value is -1.71. The number of pyridine rings is 1. The Labute approximate surface area is 107 Å². The molecule has 0 radical (unpaired) electrons. The summed E-state index contributed by atoms with van der Waals surface area (Å²) in [5.41, 5.74) is 2.20. The summed E-state index contributed by atoms with van der Waals surface area (Å²) >= 11 is 0. The maximum atomic E-state index is 4.97. The number of rotatable bonds is 6. The average Bonchev–Trinajstić information content (AvgIpc) is 2.43. The van der Waals surface area contributed by atoms with Crippen LogP contribution in [0.3, 0.4) is 0 Å². The van der Waals surface area contributed by atoms with Crippen LogP contribution in [0, 0.1) is 0 Å². The van der Waals surface area contributed by atoms with E-state index >= 15 is 0 Å². The summed E-state index contributed by atoms with van der Waals surface area (Å²) in [7, 11) is 1.71. The van der Waals surface area contributed by atoms with Gasteiger partial charge in [-0.2, -0.15) is 0 Å². The number of methoxy groups -OCH3 is 1. The smallest absolute Gasteiger partial charge is 0.0774 e. The van der Waals surface area contributed by atoms with Gasteiger partial charge in [0.1, 0.15) is 0 Å². The summed E-state index contributed by atoms with van der Waals surface area (Å²) in [6.07, 6.45) is 6.05. The molecule has 94 valence electrons. The van der Waals surface area contributed by atoms with E-state index in [1.165, 1.54) is 5.39 Å². The predicted molar refractivity (Wildman–Crippen MR) is 75.5 cm³/mol. The Morgan fingerprint density at radius 2 is 2.17 bits per heavy atom. The van der Waals surface area contributed by atoms with E-state index < -0.39 is 0 Å². The lowest BCUT2D eigenvalue weighted by Crippen LogP contribution is -2.18. The summed E-state index contributed by atoms with van der Waals surface area (Å²) in [5.74, 6) is 0. The van der Waals surface area contributed by atoms with Crippen LogP contribution in [-0.2, 0) is 4.74 Å². The second-order valence-corrected chi connectivity index (χ2v) is 4.02. The summed E-state index contributed by atoms with van der Waals surface area (Å²) in [6, 6.07) is 10.3. The van der Waals surface area contributed by atoms with Gasteiger partial charge in [-0.15, -0.1) is 0 Å². The van der Waals surface area contributed by atoms with E-state index in [1.54, 1.807) is 7.11 Å². The number of benzene rings is 1. The minimum absolute atomic E-state index is 0.740. The van der Waals surface area contributed by atoms with E-state index in [1.807, 2.05) is 12.3 Å². The van der Waals surface area contributed by atoms with Crippen molar-refractivity contribution in [3.63, 3.8) is 0 Å². The van der Waals surface area contributed by atoms with Gasteiger partial charge in [-0.1, -0.05) is 36.4 Å². The molecule has 0 amide bonds. The molecule has 1 aromatic heterocycles. The van der Waals surface area contributed by atoms with Crippen LogP contribution in [0.5, 0.6) is 0 Å². The summed E-state index contributed by atoms with van der Waals surface area (Å²) in [4.78, 5) is 4.42.